The van der Waals surface area contributed by atoms with E-state index in [1.807, 2.05) is 23.0 Å². The number of likely N-dealkylation sites (N-methyl/N-ethyl adjacent to an activating group) is 1. The standard InChI is InChI=1S/C17H26N6/c1-14(11-15-5-3-4-8-19-15)22(2)12-16-13-23(21-20-16)17-6-9-18-10-7-17/h3-5,8,13-14,17-18H,6-7,9-12H2,1-2H3/t14-/m0/s1. The Labute approximate surface area is 137 Å². The van der Waals surface area contributed by atoms with Crippen LogP contribution in [0.1, 0.15) is 37.2 Å². The van der Waals surface area contributed by atoms with Crippen molar-refractivity contribution in [2.24, 2.45) is 0 Å². The van der Waals surface area contributed by atoms with Gasteiger partial charge in [0, 0.05) is 30.9 Å². The largest absolute Gasteiger partial charge is 0.317 e. The molecule has 0 radical (unpaired) electrons. The summed E-state index contributed by atoms with van der Waals surface area (Å²) in [5.74, 6) is 0. The molecular weight excluding hydrogens is 288 g/mol. The lowest BCUT2D eigenvalue weighted by molar-refractivity contribution is 0.244. The Morgan fingerprint density at radius 2 is 2.13 bits per heavy atom. The zero-order chi connectivity index (χ0) is 16.1. The number of rotatable bonds is 6. The van der Waals surface area contributed by atoms with E-state index in [9.17, 15) is 0 Å². The highest BCUT2D eigenvalue weighted by atomic mass is 15.4. The van der Waals surface area contributed by atoms with Crippen molar-refractivity contribution in [3.63, 3.8) is 0 Å². The molecule has 1 saturated heterocycles. The maximum Gasteiger partial charge on any atom is 0.0967 e. The first-order valence-electron chi connectivity index (χ1n) is 8.44. The summed E-state index contributed by atoms with van der Waals surface area (Å²) in [4.78, 5) is 6.72. The third kappa shape index (κ3) is 4.36. The molecule has 124 valence electrons. The SMILES string of the molecule is C[C@@H](Cc1ccccn1)N(C)Cc1cn(C2CCNCC2)nn1. The molecule has 0 aromatic carbocycles. The lowest BCUT2D eigenvalue weighted by Crippen LogP contribution is -2.31. The third-order valence-corrected chi connectivity index (χ3v) is 4.64. The van der Waals surface area contributed by atoms with Crippen LogP contribution in [0.25, 0.3) is 0 Å². The average molecular weight is 314 g/mol. The molecule has 3 heterocycles. The summed E-state index contributed by atoms with van der Waals surface area (Å²) in [6.07, 6.45) is 7.18. The highest BCUT2D eigenvalue weighted by Gasteiger charge is 2.18. The Morgan fingerprint density at radius 1 is 1.30 bits per heavy atom. The number of pyridine rings is 1. The summed E-state index contributed by atoms with van der Waals surface area (Å²) < 4.78 is 2.05. The van der Waals surface area contributed by atoms with E-state index in [-0.39, 0.29) is 0 Å². The summed E-state index contributed by atoms with van der Waals surface area (Å²) in [6.45, 7) is 5.19. The van der Waals surface area contributed by atoms with E-state index >= 15 is 0 Å². The molecule has 0 amide bonds. The predicted molar refractivity (Wildman–Crippen MR) is 90.0 cm³/mol. The zero-order valence-corrected chi connectivity index (χ0v) is 14.0. The molecule has 1 aliphatic rings. The molecule has 1 N–H and O–H groups in total. The Bertz CT molecular complexity index is 590. The Kier molecular flexibility index (Phi) is 5.35. The normalized spacial score (nSPS) is 17.5. The summed E-state index contributed by atoms with van der Waals surface area (Å²) in [5.41, 5.74) is 2.17. The first-order valence-corrected chi connectivity index (χ1v) is 8.44. The molecule has 1 aliphatic heterocycles. The van der Waals surface area contributed by atoms with Gasteiger partial charge in [0.1, 0.15) is 0 Å². The van der Waals surface area contributed by atoms with Gasteiger partial charge in [0.25, 0.3) is 0 Å². The molecule has 0 bridgehead atoms. The molecule has 0 saturated carbocycles. The molecule has 23 heavy (non-hydrogen) atoms. The van der Waals surface area contributed by atoms with Crippen molar-refractivity contribution in [2.75, 3.05) is 20.1 Å². The number of hydrogen-bond acceptors (Lipinski definition) is 5. The second kappa shape index (κ2) is 7.66. The van der Waals surface area contributed by atoms with Crippen LogP contribution in [0.2, 0.25) is 0 Å². The molecule has 6 heteroatoms. The first-order chi connectivity index (χ1) is 11.2. The van der Waals surface area contributed by atoms with Crippen molar-refractivity contribution in [1.29, 1.82) is 0 Å². The van der Waals surface area contributed by atoms with Crippen LogP contribution in [-0.4, -0.2) is 51.1 Å². The van der Waals surface area contributed by atoms with Gasteiger partial charge in [-0.1, -0.05) is 11.3 Å². The van der Waals surface area contributed by atoms with Crippen molar-refractivity contribution in [3.8, 4) is 0 Å². The Balaban J connectivity index is 1.55. The van der Waals surface area contributed by atoms with E-state index in [4.69, 9.17) is 0 Å². The third-order valence-electron chi connectivity index (χ3n) is 4.64. The van der Waals surface area contributed by atoms with Gasteiger partial charge in [0.15, 0.2) is 0 Å². The van der Waals surface area contributed by atoms with E-state index in [0.717, 1.165) is 50.3 Å². The fourth-order valence-corrected chi connectivity index (χ4v) is 3.02. The molecule has 1 fully saturated rings. The number of piperidine rings is 1. The van der Waals surface area contributed by atoms with Crippen molar-refractivity contribution in [2.45, 2.75) is 44.8 Å². The lowest BCUT2D eigenvalue weighted by atomic mass is 10.1. The van der Waals surface area contributed by atoms with Crippen molar-refractivity contribution in [3.05, 3.63) is 42.0 Å². The topological polar surface area (TPSA) is 58.9 Å². The summed E-state index contributed by atoms with van der Waals surface area (Å²) in [5, 5.41) is 12.1. The average Bonchev–Trinajstić information content (AvgIpc) is 3.05. The fraction of sp³-hybridized carbons (Fsp3) is 0.588. The summed E-state index contributed by atoms with van der Waals surface area (Å²) in [6, 6.07) is 6.98. The lowest BCUT2D eigenvalue weighted by Gasteiger charge is -2.23. The maximum absolute atomic E-state index is 4.41. The van der Waals surface area contributed by atoms with Crippen LogP contribution in [-0.2, 0) is 13.0 Å². The van der Waals surface area contributed by atoms with Gasteiger partial charge in [-0.3, -0.25) is 9.88 Å². The van der Waals surface area contributed by atoms with E-state index < -0.39 is 0 Å². The molecule has 0 unspecified atom stereocenters. The van der Waals surface area contributed by atoms with E-state index in [1.54, 1.807) is 0 Å². The highest BCUT2D eigenvalue weighted by Crippen LogP contribution is 2.17. The second-order valence-electron chi connectivity index (χ2n) is 6.46. The van der Waals surface area contributed by atoms with Gasteiger partial charge in [0.2, 0.25) is 0 Å². The zero-order valence-electron chi connectivity index (χ0n) is 14.0. The van der Waals surface area contributed by atoms with E-state index in [2.05, 4.69) is 51.7 Å². The summed E-state index contributed by atoms with van der Waals surface area (Å²) in [7, 11) is 2.14. The number of nitrogens with zero attached hydrogens (tertiary/aromatic N) is 5. The predicted octanol–water partition coefficient (Wildman–Crippen LogP) is 1.66. The van der Waals surface area contributed by atoms with Gasteiger partial charge < -0.3 is 5.32 Å². The molecule has 2 aromatic rings. The van der Waals surface area contributed by atoms with Gasteiger partial charge in [0.05, 0.1) is 17.9 Å². The molecular formula is C17H26N6. The minimum Gasteiger partial charge on any atom is -0.317 e. The van der Waals surface area contributed by atoms with Crippen LogP contribution in [0.3, 0.4) is 0 Å². The number of aromatic nitrogens is 4. The second-order valence-corrected chi connectivity index (χ2v) is 6.46. The van der Waals surface area contributed by atoms with Gasteiger partial charge >= 0.3 is 0 Å². The Morgan fingerprint density at radius 3 is 2.87 bits per heavy atom. The first kappa shape index (κ1) is 16.1. The Hall–Kier alpha value is -1.79. The minimum atomic E-state index is 0.411. The van der Waals surface area contributed by atoms with Gasteiger partial charge in [-0.05, 0) is 52.0 Å². The van der Waals surface area contributed by atoms with Crippen molar-refractivity contribution < 1.29 is 0 Å². The van der Waals surface area contributed by atoms with Crippen LogP contribution in [0.15, 0.2) is 30.6 Å². The van der Waals surface area contributed by atoms with Crippen LogP contribution < -0.4 is 5.32 Å². The van der Waals surface area contributed by atoms with Crippen LogP contribution in [0, 0.1) is 0 Å². The summed E-state index contributed by atoms with van der Waals surface area (Å²) >= 11 is 0. The molecule has 6 nitrogen and oxygen atoms in total. The van der Waals surface area contributed by atoms with Crippen LogP contribution >= 0.6 is 0 Å². The van der Waals surface area contributed by atoms with Gasteiger partial charge in [-0.25, -0.2) is 4.68 Å². The molecule has 0 aliphatic carbocycles. The molecule has 3 rings (SSSR count). The quantitative estimate of drug-likeness (QED) is 0.879. The minimum absolute atomic E-state index is 0.411. The maximum atomic E-state index is 4.41. The number of nitrogens with one attached hydrogen (secondary N) is 1. The van der Waals surface area contributed by atoms with Gasteiger partial charge in [-0.15, -0.1) is 5.10 Å². The van der Waals surface area contributed by atoms with E-state index in [0.29, 0.717) is 12.1 Å². The molecule has 2 aromatic heterocycles. The van der Waals surface area contributed by atoms with Crippen molar-refractivity contribution in [1.82, 2.24) is 30.2 Å². The van der Waals surface area contributed by atoms with Crippen LogP contribution in [0.5, 0.6) is 0 Å². The molecule has 1 atom stereocenters. The van der Waals surface area contributed by atoms with Crippen LogP contribution in [0.4, 0.5) is 0 Å². The number of hydrogen-bond donors (Lipinski definition) is 1. The van der Waals surface area contributed by atoms with Crippen molar-refractivity contribution >= 4 is 0 Å². The monoisotopic (exact) mass is 314 g/mol. The fourth-order valence-electron chi connectivity index (χ4n) is 3.02. The smallest absolute Gasteiger partial charge is 0.0967 e. The molecule has 0 spiro atoms. The van der Waals surface area contributed by atoms with E-state index in [1.165, 1.54) is 0 Å². The van der Waals surface area contributed by atoms with Gasteiger partial charge in [-0.2, -0.15) is 0 Å². The highest BCUT2D eigenvalue weighted by molar-refractivity contribution is 5.05.